The summed E-state index contributed by atoms with van der Waals surface area (Å²) >= 11 is 0. The molecule has 0 aliphatic rings. The van der Waals surface area contributed by atoms with Crippen LogP contribution in [0.4, 0.5) is 5.69 Å². The van der Waals surface area contributed by atoms with Crippen LogP contribution in [0.15, 0.2) is 36.5 Å². The Morgan fingerprint density at radius 3 is 2.33 bits per heavy atom. The molecule has 0 aromatic heterocycles. The van der Waals surface area contributed by atoms with Crippen molar-refractivity contribution >= 4 is 11.5 Å². The van der Waals surface area contributed by atoms with Gasteiger partial charge in [0.25, 0.3) is 0 Å². The van der Waals surface area contributed by atoms with Gasteiger partial charge < -0.3 is 11.5 Å². The summed E-state index contributed by atoms with van der Waals surface area (Å²) in [7, 11) is 0. The lowest BCUT2D eigenvalue weighted by Gasteiger charge is -1.95. The summed E-state index contributed by atoms with van der Waals surface area (Å²) in [6.45, 7) is 0. The molecular formula is C9H10N2O. The zero-order valence-electron chi connectivity index (χ0n) is 6.53. The number of nitrogens with two attached hydrogens (primary N) is 2. The molecule has 0 aliphatic heterocycles. The Bertz CT molecular complexity index is 301. The van der Waals surface area contributed by atoms with Crippen molar-refractivity contribution in [3.8, 4) is 0 Å². The molecule has 1 rings (SSSR count). The van der Waals surface area contributed by atoms with Gasteiger partial charge in [0.05, 0.1) is 0 Å². The molecule has 0 fully saturated rings. The van der Waals surface area contributed by atoms with Crippen molar-refractivity contribution in [3.05, 3.63) is 42.1 Å². The summed E-state index contributed by atoms with van der Waals surface area (Å²) in [5.74, 6) is -0.113. The third-order valence-corrected chi connectivity index (χ3v) is 1.44. The van der Waals surface area contributed by atoms with Gasteiger partial charge in [-0.2, -0.15) is 0 Å². The topological polar surface area (TPSA) is 69.1 Å². The molecule has 1 aromatic carbocycles. The number of carbonyl (C=O) groups is 1. The SMILES string of the molecule is NC=CC(=O)c1ccc(N)cc1. The first-order valence-electron chi connectivity index (χ1n) is 3.52. The Labute approximate surface area is 70.7 Å². The zero-order chi connectivity index (χ0) is 8.97. The molecule has 0 aliphatic carbocycles. The Morgan fingerprint density at radius 1 is 1.25 bits per heavy atom. The molecule has 0 atom stereocenters. The maximum Gasteiger partial charge on any atom is 0.187 e. The number of carbonyl (C=O) groups excluding carboxylic acids is 1. The molecular weight excluding hydrogens is 152 g/mol. The fourth-order valence-corrected chi connectivity index (χ4v) is 0.831. The highest BCUT2D eigenvalue weighted by atomic mass is 16.1. The first-order valence-corrected chi connectivity index (χ1v) is 3.52. The van der Waals surface area contributed by atoms with E-state index in [-0.39, 0.29) is 5.78 Å². The summed E-state index contributed by atoms with van der Waals surface area (Å²) < 4.78 is 0. The third-order valence-electron chi connectivity index (χ3n) is 1.44. The van der Waals surface area contributed by atoms with Gasteiger partial charge in [-0.1, -0.05) is 0 Å². The molecule has 0 saturated carbocycles. The average Bonchev–Trinajstić information content (AvgIpc) is 2.06. The molecule has 0 amide bonds. The molecule has 3 nitrogen and oxygen atoms in total. The van der Waals surface area contributed by atoms with Gasteiger partial charge in [-0.15, -0.1) is 0 Å². The number of nitrogen functional groups attached to an aromatic ring is 1. The normalized spacial score (nSPS) is 10.3. The first-order chi connectivity index (χ1) is 5.74. The smallest absolute Gasteiger partial charge is 0.187 e. The molecule has 0 heterocycles. The number of hydrogen-bond donors (Lipinski definition) is 2. The van der Waals surface area contributed by atoms with Crippen LogP contribution in [-0.2, 0) is 0 Å². The number of benzene rings is 1. The molecule has 0 radical (unpaired) electrons. The number of rotatable bonds is 2. The molecule has 0 bridgehead atoms. The average molecular weight is 162 g/mol. The highest BCUT2D eigenvalue weighted by molar-refractivity contribution is 6.04. The van der Waals surface area contributed by atoms with Gasteiger partial charge in [-0.05, 0) is 30.5 Å². The van der Waals surface area contributed by atoms with Crippen molar-refractivity contribution in [3.63, 3.8) is 0 Å². The van der Waals surface area contributed by atoms with Gasteiger partial charge in [0.15, 0.2) is 5.78 Å². The predicted molar refractivity (Wildman–Crippen MR) is 48.5 cm³/mol. The minimum atomic E-state index is -0.113. The fourth-order valence-electron chi connectivity index (χ4n) is 0.831. The monoisotopic (exact) mass is 162 g/mol. The van der Waals surface area contributed by atoms with Gasteiger partial charge in [-0.25, -0.2) is 0 Å². The number of ketones is 1. The molecule has 0 spiro atoms. The standard InChI is InChI=1S/C9H10N2O/c10-6-5-9(12)7-1-3-8(11)4-2-7/h1-6H,10-11H2. The van der Waals surface area contributed by atoms with E-state index in [0.717, 1.165) is 0 Å². The molecule has 1 aromatic rings. The lowest BCUT2D eigenvalue weighted by atomic mass is 10.1. The van der Waals surface area contributed by atoms with E-state index < -0.39 is 0 Å². The van der Waals surface area contributed by atoms with Crippen LogP contribution in [0.25, 0.3) is 0 Å². The van der Waals surface area contributed by atoms with Gasteiger partial charge in [0.2, 0.25) is 0 Å². The van der Waals surface area contributed by atoms with E-state index in [0.29, 0.717) is 11.3 Å². The second-order valence-electron chi connectivity index (χ2n) is 2.35. The minimum absolute atomic E-state index is 0.113. The van der Waals surface area contributed by atoms with Crippen LogP contribution in [0.5, 0.6) is 0 Å². The van der Waals surface area contributed by atoms with Crippen LogP contribution in [0.1, 0.15) is 10.4 Å². The molecule has 3 heteroatoms. The van der Waals surface area contributed by atoms with E-state index in [4.69, 9.17) is 11.5 Å². The molecule has 0 unspecified atom stereocenters. The summed E-state index contributed by atoms with van der Waals surface area (Å²) in [6.07, 6.45) is 2.53. The second kappa shape index (κ2) is 3.57. The van der Waals surface area contributed by atoms with Crippen LogP contribution in [0, 0.1) is 0 Å². The summed E-state index contributed by atoms with van der Waals surface area (Å²) in [6, 6.07) is 6.69. The van der Waals surface area contributed by atoms with Crippen LogP contribution in [0.2, 0.25) is 0 Å². The van der Waals surface area contributed by atoms with Gasteiger partial charge >= 0.3 is 0 Å². The number of allylic oxidation sites excluding steroid dienone is 1. The minimum Gasteiger partial charge on any atom is -0.404 e. The first kappa shape index (κ1) is 8.33. The van der Waals surface area contributed by atoms with Crippen LogP contribution < -0.4 is 11.5 Å². The maximum atomic E-state index is 11.1. The second-order valence-corrected chi connectivity index (χ2v) is 2.35. The maximum absolute atomic E-state index is 11.1. The lowest BCUT2D eigenvalue weighted by Crippen LogP contribution is -1.95. The van der Waals surface area contributed by atoms with Gasteiger partial charge in [-0.3, -0.25) is 4.79 Å². The van der Waals surface area contributed by atoms with E-state index in [1.807, 2.05) is 0 Å². The summed E-state index contributed by atoms with van der Waals surface area (Å²) in [4.78, 5) is 11.1. The fraction of sp³-hybridized carbons (Fsp3) is 0. The third kappa shape index (κ3) is 1.85. The van der Waals surface area contributed by atoms with E-state index in [1.165, 1.54) is 12.3 Å². The highest BCUT2D eigenvalue weighted by Crippen LogP contribution is 2.06. The lowest BCUT2D eigenvalue weighted by molar-refractivity contribution is 0.104. The molecule has 4 N–H and O–H groups in total. The van der Waals surface area contributed by atoms with Crippen molar-refractivity contribution in [1.82, 2.24) is 0 Å². The van der Waals surface area contributed by atoms with Crippen LogP contribution >= 0.6 is 0 Å². The Hall–Kier alpha value is -1.77. The van der Waals surface area contributed by atoms with Crippen LogP contribution in [0.3, 0.4) is 0 Å². The van der Waals surface area contributed by atoms with E-state index in [1.54, 1.807) is 24.3 Å². The Morgan fingerprint density at radius 2 is 1.83 bits per heavy atom. The van der Waals surface area contributed by atoms with Gasteiger partial charge in [0.1, 0.15) is 0 Å². The van der Waals surface area contributed by atoms with Crippen molar-refractivity contribution in [1.29, 1.82) is 0 Å². The zero-order valence-corrected chi connectivity index (χ0v) is 6.53. The molecule has 0 saturated heterocycles. The van der Waals surface area contributed by atoms with Crippen molar-refractivity contribution in [2.24, 2.45) is 5.73 Å². The van der Waals surface area contributed by atoms with E-state index in [9.17, 15) is 4.79 Å². The quantitative estimate of drug-likeness (QED) is 0.386. The van der Waals surface area contributed by atoms with E-state index in [2.05, 4.69) is 0 Å². The molecule has 12 heavy (non-hydrogen) atoms. The van der Waals surface area contributed by atoms with Crippen molar-refractivity contribution in [2.75, 3.05) is 5.73 Å². The largest absolute Gasteiger partial charge is 0.404 e. The predicted octanol–water partition coefficient (Wildman–Crippen LogP) is 0.924. The Kier molecular flexibility index (Phi) is 2.48. The van der Waals surface area contributed by atoms with Crippen molar-refractivity contribution < 1.29 is 4.79 Å². The number of hydrogen-bond acceptors (Lipinski definition) is 3. The number of anilines is 1. The van der Waals surface area contributed by atoms with Gasteiger partial charge in [0, 0.05) is 17.3 Å². The molecule has 62 valence electrons. The van der Waals surface area contributed by atoms with Crippen LogP contribution in [-0.4, -0.2) is 5.78 Å². The van der Waals surface area contributed by atoms with Crippen molar-refractivity contribution in [2.45, 2.75) is 0 Å². The summed E-state index contributed by atoms with van der Waals surface area (Å²) in [5.41, 5.74) is 11.7. The van der Waals surface area contributed by atoms with E-state index >= 15 is 0 Å². The Balaban J connectivity index is 2.90. The highest BCUT2D eigenvalue weighted by Gasteiger charge is 1.98. The summed E-state index contributed by atoms with van der Waals surface area (Å²) in [5, 5.41) is 0.